The molecule has 1 N–H and O–H groups in total. The van der Waals surface area contributed by atoms with Crippen molar-refractivity contribution in [3.63, 3.8) is 0 Å². The number of hydrogen-bond donors (Lipinski definition) is 1. The first kappa shape index (κ1) is 17.4. The molecule has 0 spiro atoms. The summed E-state index contributed by atoms with van der Waals surface area (Å²) in [4.78, 5) is 24.6. The number of nitrogens with zero attached hydrogens (tertiary/aromatic N) is 4. The van der Waals surface area contributed by atoms with Gasteiger partial charge in [0.25, 0.3) is 0 Å². The van der Waals surface area contributed by atoms with E-state index in [2.05, 4.69) is 15.5 Å². The summed E-state index contributed by atoms with van der Waals surface area (Å²) in [5.74, 6) is -0.597. The van der Waals surface area contributed by atoms with E-state index < -0.39 is 5.97 Å². The Labute approximate surface area is 150 Å². The van der Waals surface area contributed by atoms with Crippen molar-refractivity contribution >= 4 is 17.7 Å². The van der Waals surface area contributed by atoms with Gasteiger partial charge in [-0.2, -0.15) is 10.2 Å². The highest BCUT2D eigenvalue weighted by atomic mass is 16.5. The SMILES string of the molecule is CCOC(=O)c1cnn(-c2ccccc2)c1NC(=O)Cn1cc(C)cn1. The summed E-state index contributed by atoms with van der Waals surface area (Å²) in [6, 6.07) is 9.22. The second kappa shape index (κ2) is 7.64. The molecule has 0 unspecified atom stereocenters. The molecule has 134 valence electrons. The Hall–Kier alpha value is -3.42. The highest BCUT2D eigenvalue weighted by molar-refractivity contribution is 6.00. The van der Waals surface area contributed by atoms with Crippen LogP contribution in [0.15, 0.2) is 48.9 Å². The Morgan fingerprint density at radius 1 is 1.15 bits per heavy atom. The zero-order chi connectivity index (χ0) is 18.5. The van der Waals surface area contributed by atoms with Gasteiger partial charge in [0.2, 0.25) is 5.91 Å². The van der Waals surface area contributed by atoms with Gasteiger partial charge in [-0.25, -0.2) is 9.48 Å². The molecule has 8 nitrogen and oxygen atoms in total. The normalized spacial score (nSPS) is 10.5. The Bertz CT molecular complexity index is 914. The largest absolute Gasteiger partial charge is 0.462 e. The molecule has 0 aliphatic heterocycles. The third-order valence-electron chi connectivity index (χ3n) is 3.59. The van der Waals surface area contributed by atoms with E-state index >= 15 is 0 Å². The number of carbonyl (C=O) groups is 2. The van der Waals surface area contributed by atoms with E-state index in [1.165, 1.54) is 15.6 Å². The smallest absolute Gasteiger partial charge is 0.343 e. The van der Waals surface area contributed by atoms with Crippen LogP contribution in [-0.4, -0.2) is 38.0 Å². The average molecular weight is 353 g/mol. The quantitative estimate of drug-likeness (QED) is 0.686. The minimum absolute atomic E-state index is 0.0239. The summed E-state index contributed by atoms with van der Waals surface area (Å²) in [5.41, 5.74) is 1.87. The van der Waals surface area contributed by atoms with Crippen molar-refractivity contribution in [1.29, 1.82) is 0 Å². The maximum Gasteiger partial charge on any atom is 0.343 e. The molecule has 0 fully saturated rings. The van der Waals surface area contributed by atoms with Gasteiger partial charge in [0, 0.05) is 6.20 Å². The first-order valence-corrected chi connectivity index (χ1v) is 8.18. The number of benzene rings is 1. The Morgan fingerprint density at radius 3 is 2.58 bits per heavy atom. The topological polar surface area (TPSA) is 91.0 Å². The van der Waals surface area contributed by atoms with Crippen LogP contribution in [0.5, 0.6) is 0 Å². The summed E-state index contributed by atoms with van der Waals surface area (Å²) in [6.45, 7) is 3.87. The lowest BCUT2D eigenvalue weighted by Gasteiger charge is -2.11. The third-order valence-corrected chi connectivity index (χ3v) is 3.59. The fourth-order valence-corrected chi connectivity index (χ4v) is 2.46. The molecular formula is C18H19N5O3. The molecule has 26 heavy (non-hydrogen) atoms. The predicted octanol–water partition coefficient (Wildman–Crippen LogP) is 2.19. The number of rotatable bonds is 6. The number of ether oxygens (including phenoxy) is 1. The van der Waals surface area contributed by atoms with E-state index in [4.69, 9.17) is 4.74 Å². The number of carbonyl (C=O) groups excluding carboxylic acids is 2. The standard InChI is InChI=1S/C18H19N5O3/c1-3-26-18(25)15-10-20-23(14-7-5-4-6-8-14)17(15)21-16(24)12-22-11-13(2)9-19-22/h4-11H,3,12H2,1-2H3,(H,21,24). The second-order valence-corrected chi connectivity index (χ2v) is 5.64. The van der Waals surface area contributed by atoms with E-state index in [1.807, 2.05) is 37.3 Å². The molecule has 8 heteroatoms. The third kappa shape index (κ3) is 3.80. The van der Waals surface area contributed by atoms with Crippen LogP contribution in [0, 0.1) is 6.92 Å². The lowest BCUT2D eigenvalue weighted by molar-refractivity contribution is -0.116. The first-order valence-electron chi connectivity index (χ1n) is 8.18. The molecule has 2 aromatic heterocycles. The van der Waals surface area contributed by atoms with Crippen molar-refractivity contribution < 1.29 is 14.3 Å². The van der Waals surface area contributed by atoms with Crippen LogP contribution in [0.2, 0.25) is 0 Å². The summed E-state index contributed by atoms with van der Waals surface area (Å²) < 4.78 is 8.08. The molecule has 0 aliphatic carbocycles. The van der Waals surface area contributed by atoms with Crippen molar-refractivity contribution in [2.75, 3.05) is 11.9 Å². The summed E-state index contributed by atoms with van der Waals surface area (Å²) >= 11 is 0. The molecule has 1 amide bonds. The number of anilines is 1. The molecule has 0 atom stereocenters. The van der Waals surface area contributed by atoms with Crippen LogP contribution >= 0.6 is 0 Å². The summed E-state index contributed by atoms with van der Waals surface area (Å²) in [5, 5.41) is 11.1. The number of aromatic nitrogens is 4. The first-order chi connectivity index (χ1) is 12.6. The average Bonchev–Trinajstić information content (AvgIpc) is 3.22. The number of hydrogen-bond acceptors (Lipinski definition) is 5. The minimum atomic E-state index is -0.542. The highest BCUT2D eigenvalue weighted by Crippen LogP contribution is 2.21. The monoisotopic (exact) mass is 353 g/mol. The van der Waals surface area contributed by atoms with Crippen molar-refractivity contribution in [1.82, 2.24) is 19.6 Å². The van der Waals surface area contributed by atoms with E-state index in [9.17, 15) is 9.59 Å². The Balaban J connectivity index is 1.90. The zero-order valence-corrected chi connectivity index (χ0v) is 14.5. The Morgan fingerprint density at radius 2 is 1.92 bits per heavy atom. The van der Waals surface area contributed by atoms with Gasteiger partial charge in [-0.05, 0) is 31.5 Å². The van der Waals surface area contributed by atoms with Gasteiger partial charge in [-0.15, -0.1) is 0 Å². The van der Waals surface area contributed by atoms with Gasteiger partial charge in [-0.1, -0.05) is 18.2 Å². The number of amides is 1. The second-order valence-electron chi connectivity index (χ2n) is 5.64. The molecule has 0 radical (unpaired) electrons. The number of aryl methyl sites for hydroxylation is 1. The predicted molar refractivity (Wildman–Crippen MR) is 95.1 cm³/mol. The Kier molecular flexibility index (Phi) is 5.12. The van der Waals surface area contributed by atoms with Gasteiger partial charge in [-0.3, -0.25) is 9.48 Å². The number of esters is 1. The molecule has 3 rings (SSSR count). The maximum atomic E-state index is 12.4. The molecular weight excluding hydrogens is 334 g/mol. The van der Waals surface area contributed by atoms with E-state index in [-0.39, 0.29) is 30.4 Å². The van der Waals surface area contributed by atoms with Crippen molar-refractivity contribution in [2.24, 2.45) is 0 Å². The van der Waals surface area contributed by atoms with Gasteiger partial charge < -0.3 is 10.1 Å². The van der Waals surface area contributed by atoms with Crippen LogP contribution < -0.4 is 5.32 Å². The molecule has 0 aliphatic rings. The van der Waals surface area contributed by atoms with Gasteiger partial charge in [0.15, 0.2) is 5.82 Å². The maximum absolute atomic E-state index is 12.4. The van der Waals surface area contributed by atoms with Gasteiger partial charge >= 0.3 is 5.97 Å². The lowest BCUT2D eigenvalue weighted by Crippen LogP contribution is -2.22. The number of nitrogens with one attached hydrogen (secondary N) is 1. The fraction of sp³-hybridized carbons (Fsp3) is 0.222. The van der Waals surface area contributed by atoms with Crippen molar-refractivity contribution in [2.45, 2.75) is 20.4 Å². The van der Waals surface area contributed by atoms with Crippen LogP contribution in [-0.2, 0) is 16.1 Å². The van der Waals surface area contributed by atoms with Crippen molar-refractivity contribution in [3.8, 4) is 5.69 Å². The zero-order valence-electron chi connectivity index (χ0n) is 14.5. The van der Waals surface area contributed by atoms with E-state index in [1.54, 1.807) is 19.3 Å². The lowest BCUT2D eigenvalue weighted by atomic mass is 10.3. The number of para-hydroxylation sites is 1. The van der Waals surface area contributed by atoms with Crippen LogP contribution in [0.25, 0.3) is 5.69 Å². The molecule has 1 aromatic carbocycles. The van der Waals surface area contributed by atoms with E-state index in [0.717, 1.165) is 5.56 Å². The molecule has 0 bridgehead atoms. The highest BCUT2D eigenvalue weighted by Gasteiger charge is 2.21. The fourth-order valence-electron chi connectivity index (χ4n) is 2.46. The van der Waals surface area contributed by atoms with Crippen molar-refractivity contribution in [3.05, 3.63) is 60.0 Å². The summed E-state index contributed by atoms with van der Waals surface area (Å²) in [7, 11) is 0. The summed E-state index contributed by atoms with van der Waals surface area (Å²) in [6.07, 6.45) is 4.82. The van der Waals surface area contributed by atoms with E-state index in [0.29, 0.717) is 5.69 Å². The van der Waals surface area contributed by atoms with Crippen LogP contribution in [0.3, 0.4) is 0 Å². The van der Waals surface area contributed by atoms with Crippen LogP contribution in [0.1, 0.15) is 22.8 Å². The van der Waals surface area contributed by atoms with Crippen LogP contribution in [0.4, 0.5) is 5.82 Å². The van der Waals surface area contributed by atoms with Gasteiger partial charge in [0.05, 0.1) is 24.7 Å². The molecule has 2 heterocycles. The van der Waals surface area contributed by atoms with Gasteiger partial charge in [0.1, 0.15) is 12.1 Å². The minimum Gasteiger partial charge on any atom is -0.462 e. The molecule has 0 saturated heterocycles. The molecule has 3 aromatic rings. The molecule has 0 saturated carbocycles.